The number of benzene rings is 1. The van der Waals surface area contributed by atoms with E-state index in [0.29, 0.717) is 5.56 Å². The first-order chi connectivity index (χ1) is 11.3. The van der Waals surface area contributed by atoms with E-state index in [1.807, 2.05) is 0 Å². The third-order valence-corrected chi connectivity index (χ3v) is 4.15. The summed E-state index contributed by atoms with van der Waals surface area (Å²) in [6.45, 7) is 1.41. The van der Waals surface area contributed by atoms with Gasteiger partial charge in [0.15, 0.2) is 0 Å². The van der Waals surface area contributed by atoms with Crippen molar-refractivity contribution in [2.45, 2.75) is 23.2 Å². The number of alkyl halides is 3. The predicted octanol–water partition coefficient (Wildman–Crippen LogP) is 3.05. The van der Waals surface area contributed by atoms with Crippen molar-refractivity contribution in [2.24, 2.45) is 0 Å². The summed E-state index contributed by atoms with van der Waals surface area (Å²) in [5.74, 6) is -0.529. The Hall–Kier alpha value is -1.96. The molecule has 0 radical (unpaired) electrons. The molecule has 130 valence electrons. The Labute approximate surface area is 142 Å². The minimum Gasteiger partial charge on any atom is -0.343 e. The van der Waals surface area contributed by atoms with Gasteiger partial charge in [0, 0.05) is 24.1 Å². The summed E-state index contributed by atoms with van der Waals surface area (Å²) in [5, 5.41) is 2.50. The molecule has 1 aliphatic heterocycles. The number of hydrogen-bond acceptors (Lipinski definition) is 3. The molecule has 4 nitrogen and oxygen atoms in total. The SMILES string of the molecule is O=C(/C=C/c1ccc(SC(F)(F)F)cc1)NCC(=O)N1CCCC1. The lowest BCUT2D eigenvalue weighted by atomic mass is 10.2. The van der Waals surface area contributed by atoms with Gasteiger partial charge in [-0.1, -0.05) is 12.1 Å². The normalized spacial score (nSPS) is 15.0. The molecule has 1 heterocycles. The Balaban J connectivity index is 1.79. The highest BCUT2D eigenvalue weighted by molar-refractivity contribution is 8.00. The number of halogens is 3. The average molecular weight is 358 g/mol. The number of nitrogens with one attached hydrogen (secondary N) is 1. The van der Waals surface area contributed by atoms with Crippen LogP contribution < -0.4 is 5.32 Å². The lowest BCUT2D eigenvalue weighted by Gasteiger charge is -2.14. The van der Waals surface area contributed by atoms with Crippen LogP contribution >= 0.6 is 11.8 Å². The smallest absolute Gasteiger partial charge is 0.343 e. The molecule has 0 aromatic heterocycles. The monoisotopic (exact) mass is 358 g/mol. The number of rotatable bonds is 5. The fraction of sp³-hybridized carbons (Fsp3) is 0.375. The van der Waals surface area contributed by atoms with E-state index in [4.69, 9.17) is 0 Å². The first kappa shape index (κ1) is 18.4. The van der Waals surface area contributed by atoms with Crippen LogP contribution in [0.15, 0.2) is 35.2 Å². The van der Waals surface area contributed by atoms with Crippen LogP contribution in [-0.4, -0.2) is 41.9 Å². The molecule has 2 rings (SSSR count). The van der Waals surface area contributed by atoms with Crippen molar-refractivity contribution in [1.29, 1.82) is 0 Å². The molecule has 1 aliphatic rings. The fourth-order valence-electron chi connectivity index (χ4n) is 2.25. The summed E-state index contributed by atoms with van der Waals surface area (Å²) in [6.07, 6.45) is 4.71. The van der Waals surface area contributed by atoms with Gasteiger partial charge in [-0.05, 0) is 48.4 Å². The summed E-state index contributed by atoms with van der Waals surface area (Å²) < 4.78 is 36.7. The molecular weight excluding hydrogens is 341 g/mol. The van der Waals surface area contributed by atoms with Crippen LogP contribution in [0.1, 0.15) is 18.4 Å². The first-order valence-corrected chi connectivity index (χ1v) is 8.25. The van der Waals surface area contributed by atoms with Gasteiger partial charge in [-0.2, -0.15) is 13.2 Å². The maximum atomic E-state index is 12.2. The predicted molar refractivity (Wildman–Crippen MR) is 86.2 cm³/mol. The van der Waals surface area contributed by atoms with Gasteiger partial charge in [-0.25, -0.2) is 0 Å². The minimum absolute atomic E-state index is 0.0513. The molecule has 8 heteroatoms. The highest BCUT2D eigenvalue weighted by Gasteiger charge is 2.28. The number of hydrogen-bond donors (Lipinski definition) is 1. The number of carbonyl (C=O) groups is 2. The first-order valence-electron chi connectivity index (χ1n) is 7.43. The van der Waals surface area contributed by atoms with Crippen molar-refractivity contribution in [3.8, 4) is 0 Å². The average Bonchev–Trinajstić information content (AvgIpc) is 3.05. The van der Waals surface area contributed by atoms with Crippen molar-refractivity contribution in [2.75, 3.05) is 19.6 Å². The maximum absolute atomic E-state index is 12.2. The van der Waals surface area contributed by atoms with Gasteiger partial charge in [0.05, 0.1) is 6.54 Å². The van der Waals surface area contributed by atoms with E-state index >= 15 is 0 Å². The molecule has 1 saturated heterocycles. The highest BCUT2D eigenvalue weighted by atomic mass is 32.2. The molecule has 1 aromatic carbocycles. The molecule has 0 unspecified atom stereocenters. The zero-order valence-electron chi connectivity index (χ0n) is 12.8. The number of likely N-dealkylation sites (tertiary alicyclic amines) is 1. The van der Waals surface area contributed by atoms with Crippen LogP contribution in [0, 0.1) is 0 Å². The highest BCUT2D eigenvalue weighted by Crippen LogP contribution is 2.36. The summed E-state index contributed by atoms with van der Waals surface area (Å²) in [6, 6.07) is 5.67. The third-order valence-electron chi connectivity index (χ3n) is 3.41. The van der Waals surface area contributed by atoms with E-state index in [1.165, 1.54) is 36.4 Å². The molecule has 24 heavy (non-hydrogen) atoms. The Morgan fingerprint density at radius 2 is 1.79 bits per heavy atom. The fourth-order valence-corrected chi connectivity index (χ4v) is 2.79. The summed E-state index contributed by atoms with van der Waals surface area (Å²) >= 11 is -0.188. The number of nitrogens with zero attached hydrogens (tertiary/aromatic N) is 1. The second-order valence-electron chi connectivity index (χ2n) is 5.26. The van der Waals surface area contributed by atoms with E-state index in [-0.39, 0.29) is 29.1 Å². The molecule has 0 saturated carbocycles. The van der Waals surface area contributed by atoms with Gasteiger partial charge in [0.25, 0.3) is 0 Å². The second kappa shape index (κ2) is 8.23. The Bertz CT molecular complexity index is 609. The standard InChI is InChI=1S/C16H17F3N2O2S/c17-16(18,19)24-13-6-3-12(4-7-13)5-8-14(22)20-11-15(23)21-9-1-2-10-21/h3-8H,1-2,9-11H2,(H,20,22)/b8-5+. The van der Waals surface area contributed by atoms with E-state index in [1.54, 1.807) is 4.90 Å². The molecule has 0 bridgehead atoms. The van der Waals surface area contributed by atoms with E-state index in [0.717, 1.165) is 25.9 Å². The lowest BCUT2D eigenvalue weighted by molar-refractivity contribution is -0.131. The van der Waals surface area contributed by atoms with Gasteiger partial charge < -0.3 is 10.2 Å². The topological polar surface area (TPSA) is 49.4 Å². The quantitative estimate of drug-likeness (QED) is 0.650. The van der Waals surface area contributed by atoms with E-state index in [9.17, 15) is 22.8 Å². The van der Waals surface area contributed by atoms with Crippen LogP contribution in [0.3, 0.4) is 0 Å². The third kappa shape index (κ3) is 6.27. The van der Waals surface area contributed by atoms with Gasteiger partial charge in [-0.3, -0.25) is 9.59 Å². The van der Waals surface area contributed by atoms with Crippen molar-refractivity contribution in [3.05, 3.63) is 35.9 Å². The molecule has 0 aliphatic carbocycles. The summed E-state index contributed by atoms with van der Waals surface area (Å²) in [7, 11) is 0. The largest absolute Gasteiger partial charge is 0.446 e. The Kier molecular flexibility index (Phi) is 6.30. The van der Waals surface area contributed by atoms with Crippen molar-refractivity contribution in [1.82, 2.24) is 10.2 Å². The zero-order chi connectivity index (χ0) is 17.6. The van der Waals surface area contributed by atoms with Gasteiger partial charge >= 0.3 is 5.51 Å². The molecule has 1 N–H and O–H groups in total. The Morgan fingerprint density at radius 1 is 1.17 bits per heavy atom. The minimum atomic E-state index is -4.32. The number of thioether (sulfide) groups is 1. The van der Waals surface area contributed by atoms with Crippen LogP contribution in [0.2, 0.25) is 0 Å². The molecule has 2 amide bonds. The number of amides is 2. The van der Waals surface area contributed by atoms with Crippen LogP contribution in [0.25, 0.3) is 6.08 Å². The molecule has 0 atom stereocenters. The summed E-state index contributed by atoms with van der Waals surface area (Å²) in [5.41, 5.74) is -3.72. The molecule has 1 aromatic rings. The zero-order valence-corrected chi connectivity index (χ0v) is 13.6. The molecule has 0 spiro atoms. The maximum Gasteiger partial charge on any atom is 0.446 e. The van der Waals surface area contributed by atoms with Crippen molar-refractivity contribution in [3.63, 3.8) is 0 Å². The van der Waals surface area contributed by atoms with Crippen LogP contribution in [-0.2, 0) is 9.59 Å². The van der Waals surface area contributed by atoms with Crippen LogP contribution in [0.5, 0.6) is 0 Å². The lowest BCUT2D eigenvalue weighted by Crippen LogP contribution is -2.38. The molecular formula is C16H17F3N2O2S. The van der Waals surface area contributed by atoms with Gasteiger partial charge in [0.2, 0.25) is 11.8 Å². The summed E-state index contributed by atoms with van der Waals surface area (Å²) in [4.78, 5) is 25.2. The van der Waals surface area contributed by atoms with E-state index < -0.39 is 11.4 Å². The van der Waals surface area contributed by atoms with Crippen LogP contribution in [0.4, 0.5) is 13.2 Å². The molecule has 1 fully saturated rings. The van der Waals surface area contributed by atoms with E-state index in [2.05, 4.69) is 5.32 Å². The van der Waals surface area contributed by atoms with Crippen molar-refractivity contribution >= 4 is 29.7 Å². The van der Waals surface area contributed by atoms with Gasteiger partial charge in [-0.15, -0.1) is 0 Å². The Morgan fingerprint density at radius 3 is 2.38 bits per heavy atom. The van der Waals surface area contributed by atoms with Gasteiger partial charge in [0.1, 0.15) is 0 Å². The number of carbonyl (C=O) groups excluding carboxylic acids is 2. The van der Waals surface area contributed by atoms with Crippen molar-refractivity contribution < 1.29 is 22.8 Å². The second-order valence-corrected chi connectivity index (χ2v) is 6.39.